The van der Waals surface area contributed by atoms with E-state index in [9.17, 15) is 29.1 Å². The molecule has 0 saturated carbocycles. The molecule has 1 fully saturated rings. The van der Waals surface area contributed by atoms with Crippen molar-refractivity contribution >= 4 is 29.6 Å². The number of methoxy groups -OCH3 is 2. The summed E-state index contributed by atoms with van der Waals surface area (Å²) in [6.45, 7) is 14.0. The summed E-state index contributed by atoms with van der Waals surface area (Å²) in [7, 11) is 6.61. The van der Waals surface area contributed by atoms with Crippen molar-refractivity contribution in [3.63, 3.8) is 0 Å². The second-order valence-electron chi connectivity index (χ2n) is 14.9. The molecule has 1 aromatic rings. The molecule has 0 aliphatic carbocycles. The van der Waals surface area contributed by atoms with Crippen molar-refractivity contribution in [1.82, 2.24) is 25.8 Å². The molecule has 4 amide bonds. The summed E-state index contributed by atoms with van der Waals surface area (Å²) in [6.07, 6.45) is 0.998. The molecule has 1 aromatic carbocycles. The first-order valence-electron chi connectivity index (χ1n) is 18.7. The van der Waals surface area contributed by atoms with Crippen LogP contribution in [0.3, 0.4) is 0 Å². The Morgan fingerprint density at radius 3 is 2.08 bits per heavy atom. The van der Waals surface area contributed by atoms with Gasteiger partial charge in [-0.2, -0.15) is 0 Å². The van der Waals surface area contributed by atoms with Gasteiger partial charge in [-0.15, -0.1) is 0 Å². The number of ether oxygens (including phenoxy) is 2. The van der Waals surface area contributed by atoms with E-state index in [-0.39, 0.29) is 48.5 Å². The number of nitrogens with one attached hydrogen (secondary N) is 3. The molecule has 0 unspecified atom stereocenters. The lowest BCUT2D eigenvalue weighted by molar-refractivity contribution is -0.146. The van der Waals surface area contributed by atoms with E-state index in [1.807, 2.05) is 70.0 Å². The van der Waals surface area contributed by atoms with Crippen molar-refractivity contribution in [3.05, 3.63) is 35.9 Å². The third-order valence-electron chi connectivity index (χ3n) is 10.7. The molecule has 1 heterocycles. The number of likely N-dealkylation sites (N-methyl/N-ethyl adjacent to an activating group) is 2. The number of carbonyl (C=O) groups is 5. The lowest BCUT2D eigenvalue weighted by Gasteiger charge is -2.43. The normalized spacial score (nSPS) is 19.4. The van der Waals surface area contributed by atoms with Crippen LogP contribution >= 0.6 is 0 Å². The van der Waals surface area contributed by atoms with Crippen LogP contribution in [0, 0.1) is 23.7 Å². The maximum absolute atomic E-state index is 14.2. The van der Waals surface area contributed by atoms with Crippen LogP contribution in [0.1, 0.15) is 79.7 Å². The Hall–Kier alpha value is -3.39. The number of aliphatic carboxylic acids is 1. The standard InChI is InChI=1S/C39H65N5O8/c1-12-25(6)34(43(9)33(24(4)5)38(48)42-37(47)32(40-8)23(2)3)30(51-10)22-31(45)44-20-16-19-29(44)35(52-11)26(7)36(46)41-28(39(49)50)21-27-17-14-13-15-18-27/h13-15,17-18,23-26,28-30,32-35,40H,12,16,19-22H2,1-11H3,(H,41,46)(H,49,50)(H,42,47,48)/t25-,26+,28-,29-,30+,32-,33-,34-,35+/m0/s1. The highest BCUT2D eigenvalue weighted by Crippen LogP contribution is 2.30. The quantitative estimate of drug-likeness (QED) is 0.148. The summed E-state index contributed by atoms with van der Waals surface area (Å²) in [6, 6.07) is 6.03. The van der Waals surface area contributed by atoms with E-state index >= 15 is 0 Å². The number of carbonyl (C=O) groups excluding carboxylic acids is 4. The van der Waals surface area contributed by atoms with Gasteiger partial charge in [0.1, 0.15) is 6.04 Å². The van der Waals surface area contributed by atoms with E-state index in [4.69, 9.17) is 9.47 Å². The van der Waals surface area contributed by atoms with Gasteiger partial charge >= 0.3 is 5.97 Å². The summed E-state index contributed by atoms with van der Waals surface area (Å²) in [4.78, 5) is 70.1. The average Bonchev–Trinajstić information content (AvgIpc) is 3.57. The van der Waals surface area contributed by atoms with Gasteiger partial charge in [-0.3, -0.25) is 29.4 Å². The van der Waals surface area contributed by atoms with Crippen LogP contribution in [-0.4, -0.2) is 122 Å². The first-order valence-corrected chi connectivity index (χ1v) is 18.7. The summed E-state index contributed by atoms with van der Waals surface area (Å²) >= 11 is 0. The highest BCUT2D eigenvalue weighted by molar-refractivity contribution is 6.00. The number of nitrogens with zero attached hydrogens (tertiary/aromatic N) is 2. The number of rotatable bonds is 21. The number of hydrogen-bond donors (Lipinski definition) is 4. The van der Waals surface area contributed by atoms with Gasteiger partial charge in [-0.25, -0.2) is 4.79 Å². The van der Waals surface area contributed by atoms with Gasteiger partial charge in [0, 0.05) is 33.2 Å². The molecule has 1 aliphatic heterocycles. The predicted molar refractivity (Wildman–Crippen MR) is 200 cm³/mol. The van der Waals surface area contributed by atoms with Gasteiger partial charge < -0.3 is 30.1 Å². The third kappa shape index (κ3) is 11.8. The number of hydrogen-bond acceptors (Lipinski definition) is 9. The Kier molecular flexibility index (Phi) is 18.4. The molecular formula is C39H65N5O8. The smallest absolute Gasteiger partial charge is 0.326 e. The van der Waals surface area contributed by atoms with E-state index in [0.717, 1.165) is 18.4 Å². The van der Waals surface area contributed by atoms with Crippen LogP contribution in [-0.2, 0) is 39.9 Å². The van der Waals surface area contributed by atoms with E-state index in [1.165, 1.54) is 7.11 Å². The first kappa shape index (κ1) is 44.8. The molecule has 0 spiro atoms. The van der Waals surface area contributed by atoms with Crippen molar-refractivity contribution in [2.75, 3.05) is 34.9 Å². The van der Waals surface area contributed by atoms with Gasteiger partial charge in [-0.05, 0) is 50.3 Å². The number of likely N-dealkylation sites (tertiary alicyclic amines) is 1. The van der Waals surface area contributed by atoms with Crippen LogP contribution in [0.25, 0.3) is 0 Å². The minimum absolute atomic E-state index is 0.0180. The molecule has 1 aliphatic rings. The minimum Gasteiger partial charge on any atom is -0.480 e. The number of carboxylic acids is 1. The number of imide groups is 1. The van der Waals surface area contributed by atoms with Crippen molar-refractivity contribution in [1.29, 1.82) is 0 Å². The predicted octanol–water partition coefficient (Wildman–Crippen LogP) is 3.10. The van der Waals surface area contributed by atoms with E-state index in [0.29, 0.717) is 13.0 Å². The Labute approximate surface area is 310 Å². The number of benzene rings is 1. The van der Waals surface area contributed by atoms with Gasteiger partial charge in [0.25, 0.3) is 0 Å². The van der Waals surface area contributed by atoms with E-state index < -0.39 is 60.1 Å². The molecule has 0 aromatic heterocycles. The molecule has 9 atom stereocenters. The summed E-state index contributed by atoms with van der Waals surface area (Å²) in [5, 5.41) is 18.2. The topological polar surface area (TPSA) is 167 Å². The molecule has 4 N–H and O–H groups in total. The lowest BCUT2D eigenvalue weighted by Crippen LogP contribution is -2.60. The Balaban J connectivity index is 2.27. The number of amides is 4. The van der Waals surface area contributed by atoms with Crippen LogP contribution in [0.2, 0.25) is 0 Å². The van der Waals surface area contributed by atoms with Gasteiger partial charge in [-0.1, -0.05) is 85.2 Å². The van der Waals surface area contributed by atoms with E-state index in [1.54, 1.807) is 26.0 Å². The highest BCUT2D eigenvalue weighted by atomic mass is 16.5. The van der Waals surface area contributed by atoms with Crippen LogP contribution < -0.4 is 16.0 Å². The molecule has 294 valence electrons. The second-order valence-corrected chi connectivity index (χ2v) is 14.9. The average molecular weight is 732 g/mol. The van der Waals surface area contributed by atoms with Gasteiger partial charge in [0.2, 0.25) is 23.6 Å². The third-order valence-corrected chi connectivity index (χ3v) is 10.7. The number of carboxylic acid groups (broad SMARTS) is 1. The molecule has 0 bridgehead atoms. The Morgan fingerprint density at radius 1 is 0.942 bits per heavy atom. The van der Waals surface area contributed by atoms with Crippen molar-refractivity contribution in [2.45, 2.75) is 123 Å². The fraction of sp³-hybridized carbons (Fsp3) is 0.718. The largest absolute Gasteiger partial charge is 0.480 e. The summed E-state index contributed by atoms with van der Waals surface area (Å²) < 4.78 is 11.9. The van der Waals surface area contributed by atoms with Crippen LogP contribution in [0.15, 0.2) is 30.3 Å². The zero-order valence-electron chi connectivity index (χ0n) is 33.2. The maximum Gasteiger partial charge on any atom is 0.326 e. The van der Waals surface area contributed by atoms with Gasteiger partial charge in [0.05, 0.1) is 42.7 Å². The monoisotopic (exact) mass is 731 g/mol. The molecule has 2 rings (SSSR count). The molecule has 1 saturated heterocycles. The zero-order chi connectivity index (χ0) is 39.3. The molecular weight excluding hydrogens is 666 g/mol. The van der Waals surface area contributed by atoms with Crippen molar-refractivity contribution in [2.24, 2.45) is 23.7 Å². The van der Waals surface area contributed by atoms with Gasteiger partial charge in [0.15, 0.2) is 0 Å². The first-order chi connectivity index (χ1) is 24.5. The van der Waals surface area contributed by atoms with Crippen molar-refractivity contribution < 1.29 is 38.6 Å². The summed E-state index contributed by atoms with van der Waals surface area (Å²) in [5.74, 6) is -3.44. The van der Waals surface area contributed by atoms with E-state index in [2.05, 4.69) is 29.8 Å². The lowest BCUT2D eigenvalue weighted by atomic mass is 9.87. The van der Waals surface area contributed by atoms with Crippen LogP contribution in [0.4, 0.5) is 0 Å². The minimum atomic E-state index is -1.14. The second kappa shape index (κ2) is 21.3. The molecule has 52 heavy (non-hydrogen) atoms. The Bertz CT molecular complexity index is 1310. The molecule has 0 radical (unpaired) electrons. The summed E-state index contributed by atoms with van der Waals surface area (Å²) in [5.41, 5.74) is 0.787. The fourth-order valence-corrected chi connectivity index (χ4v) is 7.73. The van der Waals surface area contributed by atoms with Crippen molar-refractivity contribution in [3.8, 4) is 0 Å². The fourth-order valence-electron chi connectivity index (χ4n) is 7.73. The Morgan fingerprint density at radius 2 is 1.58 bits per heavy atom. The maximum atomic E-state index is 14.2. The zero-order valence-corrected chi connectivity index (χ0v) is 33.2. The molecule has 13 heteroatoms. The highest BCUT2D eigenvalue weighted by Gasteiger charge is 2.43. The van der Waals surface area contributed by atoms with Crippen LogP contribution in [0.5, 0.6) is 0 Å². The molecule has 13 nitrogen and oxygen atoms in total. The SMILES string of the molecule is CC[C@H](C)[C@@H]([C@@H](CC(=O)N1CCC[C@H]1[C@H](OC)[C@@H](C)C(=O)N[C@@H](Cc1ccccc1)C(=O)O)OC)N(C)[C@H](C(=O)NC(=O)[C@@H](NC)C(C)C)C(C)C.